The van der Waals surface area contributed by atoms with Crippen LogP contribution in [0.2, 0.25) is 0 Å². The molecule has 1 aromatic carbocycles. The van der Waals surface area contributed by atoms with Crippen LogP contribution in [-0.2, 0) is 19.6 Å². The fraction of sp³-hybridized carbons (Fsp3) is 0.467. The molecule has 22 heavy (non-hydrogen) atoms. The molecule has 1 aliphatic rings. The predicted octanol–water partition coefficient (Wildman–Crippen LogP) is 1.85. The van der Waals surface area contributed by atoms with E-state index in [1.54, 1.807) is 12.1 Å². The largest absolute Gasteiger partial charge is 0.469 e. The topological polar surface area (TPSA) is 84.8 Å². The zero-order valence-electron chi connectivity index (χ0n) is 12.9. The lowest BCUT2D eigenvalue weighted by molar-refractivity contribution is -0.142. The molecule has 2 rings (SSSR count). The molecular weight excluding hydrogens is 304 g/mol. The summed E-state index contributed by atoms with van der Waals surface area (Å²) in [6.45, 7) is 3.80. The number of carbonyl (C=O) groups excluding carboxylic acids is 1. The molecule has 120 valence electrons. The SMILES string of the molecule is COC(=O)C1CCC(C)C1=NNS(=O)(=O)c1ccc(C)cc1. The first-order chi connectivity index (χ1) is 10.3. The van der Waals surface area contributed by atoms with Crippen molar-refractivity contribution in [1.29, 1.82) is 0 Å². The van der Waals surface area contributed by atoms with Gasteiger partial charge < -0.3 is 4.74 Å². The number of hydrogen-bond acceptors (Lipinski definition) is 5. The minimum Gasteiger partial charge on any atom is -0.469 e. The Morgan fingerprint density at radius 2 is 1.91 bits per heavy atom. The zero-order chi connectivity index (χ0) is 16.3. The van der Waals surface area contributed by atoms with Gasteiger partial charge in [-0.2, -0.15) is 13.5 Å². The summed E-state index contributed by atoms with van der Waals surface area (Å²) in [6.07, 6.45) is 1.41. The molecule has 7 heteroatoms. The van der Waals surface area contributed by atoms with Crippen LogP contribution in [0.15, 0.2) is 34.3 Å². The molecule has 6 nitrogen and oxygen atoms in total. The number of sulfonamides is 1. The first-order valence-electron chi connectivity index (χ1n) is 7.09. The van der Waals surface area contributed by atoms with Gasteiger partial charge in [0.15, 0.2) is 0 Å². The minimum atomic E-state index is -3.73. The molecule has 0 amide bonds. The number of methoxy groups -OCH3 is 1. The van der Waals surface area contributed by atoms with Crippen molar-refractivity contribution in [3.05, 3.63) is 29.8 Å². The van der Waals surface area contributed by atoms with Gasteiger partial charge in [-0.1, -0.05) is 24.6 Å². The van der Waals surface area contributed by atoms with Crippen molar-refractivity contribution in [2.24, 2.45) is 16.9 Å². The first kappa shape index (κ1) is 16.5. The molecule has 1 saturated carbocycles. The average molecular weight is 324 g/mol. The molecule has 0 radical (unpaired) electrons. The van der Waals surface area contributed by atoms with Crippen LogP contribution in [0.1, 0.15) is 25.3 Å². The second-order valence-corrected chi connectivity index (χ2v) is 7.16. The number of carbonyl (C=O) groups is 1. The summed E-state index contributed by atoms with van der Waals surface area (Å²) >= 11 is 0. The predicted molar refractivity (Wildman–Crippen MR) is 82.8 cm³/mol. The lowest BCUT2D eigenvalue weighted by atomic mass is 10.0. The molecule has 0 heterocycles. The Balaban J connectivity index is 2.21. The Morgan fingerprint density at radius 1 is 1.27 bits per heavy atom. The van der Waals surface area contributed by atoms with Gasteiger partial charge in [-0.25, -0.2) is 4.83 Å². The molecule has 0 spiro atoms. The summed E-state index contributed by atoms with van der Waals surface area (Å²) in [5, 5.41) is 4.00. The van der Waals surface area contributed by atoms with Crippen LogP contribution < -0.4 is 4.83 Å². The van der Waals surface area contributed by atoms with E-state index < -0.39 is 15.9 Å². The van der Waals surface area contributed by atoms with E-state index in [-0.39, 0.29) is 16.8 Å². The van der Waals surface area contributed by atoms with Crippen LogP contribution in [-0.4, -0.2) is 27.2 Å². The van der Waals surface area contributed by atoms with E-state index in [2.05, 4.69) is 9.93 Å². The molecule has 0 aromatic heterocycles. The van der Waals surface area contributed by atoms with Crippen molar-refractivity contribution < 1.29 is 17.9 Å². The molecule has 2 atom stereocenters. The number of benzene rings is 1. The molecule has 0 aliphatic heterocycles. The molecule has 1 N–H and O–H groups in total. The number of aryl methyl sites for hydroxylation is 1. The van der Waals surface area contributed by atoms with E-state index >= 15 is 0 Å². The smallest absolute Gasteiger partial charge is 0.314 e. The highest BCUT2D eigenvalue weighted by Crippen LogP contribution is 2.29. The van der Waals surface area contributed by atoms with Crippen LogP contribution in [0.25, 0.3) is 0 Å². The Kier molecular flexibility index (Phi) is 4.85. The lowest BCUT2D eigenvalue weighted by Crippen LogP contribution is -2.27. The van der Waals surface area contributed by atoms with Crippen molar-refractivity contribution >= 4 is 21.7 Å². The average Bonchev–Trinajstić information content (AvgIpc) is 2.86. The summed E-state index contributed by atoms with van der Waals surface area (Å²) in [5.41, 5.74) is 1.50. The Labute approximate surface area is 130 Å². The molecule has 2 unspecified atom stereocenters. The summed E-state index contributed by atoms with van der Waals surface area (Å²) in [5.74, 6) is -0.803. The third-order valence-corrected chi connectivity index (χ3v) is 5.09. The van der Waals surface area contributed by atoms with E-state index in [0.717, 1.165) is 12.0 Å². The van der Waals surface area contributed by atoms with Crippen LogP contribution in [0.5, 0.6) is 0 Å². The highest BCUT2D eigenvalue weighted by molar-refractivity contribution is 7.89. The number of hydrazone groups is 1. The zero-order valence-corrected chi connectivity index (χ0v) is 13.7. The lowest BCUT2D eigenvalue weighted by Gasteiger charge is -2.12. The van der Waals surface area contributed by atoms with Crippen LogP contribution in [0.3, 0.4) is 0 Å². The maximum absolute atomic E-state index is 12.2. The van der Waals surface area contributed by atoms with Gasteiger partial charge in [-0.15, -0.1) is 0 Å². The first-order valence-corrected chi connectivity index (χ1v) is 8.57. The number of nitrogens with zero attached hydrogens (tertiary/aromatic N) is 1. The number of esters is 1. The summed E-state index contributed by atoms with van der Waals surface area (Å²) in [6, 6.07) is 6.48. The summed E-state index contributed by atoms with van der Waals surface area (Å²) in [4.78, 5) is 14.1. The second-order valence-electron chi connectivity index (χ2n) is 5.50. The number of hydrogen-bond donors (Lipinski definition) is 1. The quantitative estimate of drug-likeness (QED) is 0.676. The molecule has 1 aromatic rings. The van der Waals surface area contributed by atoms with Gasteiger partial charge in [0.05, 0.1) is 23.6 Å². The van der Waals surface area contributed by atoms with Gasteiger partial charge in [0, 0.05) is 0 Å². The highest BCUT2D eigenvalue weighted by atomic mass is 32.2. The molecule has 1 aliphatic carbocycles. The van der Waals surface area contributed by atoms with E-state index in [1.165, 1.54) is 19.2 Å². The summed E-state index contributed by atoms with van der Waals surface area (Å²) in [7, 11) is -2.41. The van der Waals surface area contributed by atoms with Crippen molar-refractivity contribution in [3.8, 4) is 0 Å². The second kappa shape index (κ2) is 6.48. The Morgan fingerprint density at radius 3 is 2.50 bits per heavy atom. The highest BCUT2D eigenvalue weighted by Gasteiger charge is 2.35. The van der Waals surface area contributed by atoms with E-state index in [0.29, 0.717) is 12.1 Å². The standard InChI is InChI=1S/C15H20N2O4S/c1-10-4-7-12(8-5-10)22(19,20)17-16-14-11(2)6-9-13(14)15(18)21-3/h4-5,7-8,11,13,17H,6,9H2,1-3H3. The summed E-state index contributed by atoms with van der Waals surface area (Å²) < 4.78 is 29.2. The van der Waals surface area contributed by atoms with Gasteiger partial charge in [0.2, 0.25) is 0 Å². The molecule has 0 bridgehead atoms. The molecule has 1 fully saturated rings. The van der Waals surface area contributed by atoms with E-state index in [9.17, 15) is 13.2 Å². The van der Waals surface area contributed by atoms with Crippen molar-refractivity contribution in [1.82, 2.24) is 4.83 Å². The van der Waals surface area contributed by atoms with Gasteiger partial charge in [0.1, 0.15) is 0 Å². The fourth-order valence-corrected chi connectivity index (χ4v) is 3.33. The molecule has 0 saturated heterocycles. The van der Waals surface area contributed by atoms with Crippen LogP contribution in [0, 0.1) is 18.8 Å². The van der Waals surface area contributed by atoms with Gasteiger partial charge in [0.25, 0.3) is 10.0 Å². The number of nitrogens with one attached hydrogen (secondary N) is 1. The Bertz CT molecular complexity index is 680. The fourth-order valence-electron chi connectivity index (χ4n) is 2.51. The minimum absolute atomic E-state index is 0.0461. The molecular formula is C15H20N2O4S. The maximum Gasteiger partial charge on any atom is 0.314 e. The van der Waals surface area contributed by atoms with Gasteiger partial charge in [-0.3, -0.25) is 4.79 Å². The third kappa shape index (κ3) is 3.47. The van der Waals surface area contributed by atoms with Crippen molar-refractivity contribution in [2.75, 3.05) is 7.11 Å². The van der Waals surface area contributed by atoms with E-state index in [1.807, 2.05) is 13.8 Å². The van der Waals surface area contributed by atoms with Gasteiger partial charge >= 0.3 is 5.97 Å². The van der Waals surface area contributed by atoms with Crippen molar-refractivity contribution in [3.63, 3.8) is 0 Å². The Hall–Kier alpha value is -1.89. The maximum atomic E-state index is 12.2. The van der Waals surface area contributed by atoms with E-state index in [4.69, 9.17) is 4.74 Å². The van der Waals surface area contributed by atoms with Crippen LogP contribution >= 0.6 is 0 Å². The monoisotopic (exact) mass is 324 g/mol. The van der Waals surface area contributed by atoms with Gasteiger partial charge in [-0.05, 0) is 37.8 Å². The number of ether oxygens (including phenoxy) is 1. The normalized spacial score (nSPS) is 23.5. The number of rotatable bonds is 4. The van der Waals surface area contributed by atoms with Crippen LogP contribution in [0.4, 0.5) is 0 Å². The van der Waals surface area contributed by atoms with Crippen molar-refractivity contribution in [2.45, 2.75) is 31.6 Å². The third-order valence-electron chi connectivity index (χ3n) is 3.86.